The summed E-state index contributed by atoms with van der Waals surface area (Å²) >= 11 is 7.34. The highest BCUT2D eigenvalue weighted by atomic mass is 35.5. The van der Waals surface area contributed by atoms with Gasteiger partial charge in [0.2, 0.25) is 0 Å². The van der Waals surface area contributed by atoms with Crippen molar-refractivity contribution in [1.82, 2.24) is 4.98 Å². The number of carbonyl (C=O) groups excluding carboxylic acids is 1. The maximum absolute atomic E-state index is 13.2. The van der Waals surface area contributed by atoms with Gasteiger partial charge in [0.15, 0.2) is 0 Å². The topological polar surface area (TPSA) is 68.0 Å². The number of hydrogen-bond acceptors (Lipinski definition) is 4. The van der Waals surface area contributed by atoms with Crippen LogP contribution in [0.3, 0.4) is 0 Å². The second-order valence-corrected chi connectivity index (χ2v) is 7.37. The van der Waals surface area contributed by atoms with E-state index < -0.39 is 5.82 Å². The first-order chi connectivity index (χ1) is 13.0. The van der Waals surface area contributed by atoms with Crippen LogP contribution >= 0.6 is 22.9 Å². The van der Waals surface area contributed by atoms with Gasteiger partial charge in [-0.2, -0.15) is 0 Å². The molecule has 2 heterocycles. The maximum Gasteiger partial charge on any atom is 0.255 e. The molecule has 2 aromatic carbocycles. The number of nitrogen functional groups attached to an aromatic ring is 1. The average Bonchev–Trinajstić information content (AvgIpc) is 3.08. The Morgan fingerprint density at radius 2 is 2.00 bits per heavy atom. The number of amides is 1. The van der Waals surface area contributed by atoms with E-state index >= 15 is 0 Å². The highest BCUT2D eigenvalue weighted by Crippen LogP contribution is 2.36. The molecule has 4 nitrogen and oxygen atoms in total. The summed E-state index contributed by atoms with van der Waals surface area (Å²) in [6, 6.07) is 15.2. The van der Waals surface area contributed by atoms with Crippen molar-refractivity contribution < 1.29 is 9.18 Å². The molecular formula is C20H13ClFN3OS. The summed E-state index contributed by atoms with van der Waals surface area (Å²) in [6.45, 7) is 0. The lowest BCUT2D eigenvalue weighted by Gasteiger charge is -2.06. The maximum atomic E-state index is 13.2. The predicted octanol–water partition coefficient (Wildman–Crippen LogP) is 5.59. The fraction of sp³-hybridized carbons (Fsp3) is 0. The molecule has 0 atom stereocenters. The molecule has 0 spiro atoms. The van der Waals surface area contributed by atoms with Gasteiger partial charge in [0, 0.05) is 32.6 Å². The van der Waals surface area contributed by atoms with Crippen LogP contribution < -0.4 is 11.1 Å². The third-order valence-corrected chi connectivity index (χ3v) is 5.50. The van der Waals surface area contributed by atoms with Gasteiger partial charge in [-0.1, -0.05) is 11.6 Å². The normalized spacial score (nSPS) is 10.9. The molecule has 134 valence electrons. The van der Waals surface area contributed by atoms with Crippen molar-refractivity contribution in [3.05, 3.63) is 77.2 Å². The Labute approximate surface area is 163 Å². The van der Waals surface area contributed by atoms with Crippen LogP contribution in [0.1, 0.15) is 10.4 Å². The molecule has 4 aromatic rings. The van der Waals surface area contributed by atoms with Gasteiger partial charge >= 0.3 is 0 Å². The van der Waals surface area contributed by atoms with Crippen molar-refractivity contribution in [1.29, 1.82) is 0 Å². The van der Waals surface area contributed by atoms with Crippen LogP contribution in [0.25, 0.3) is 20.5 Å². The van der Waals surface area contributed by atoms with E-state index in [4.69, 9.17) is 17.3 Å². The lowest BCUT2D eigenvalue weighted by molar-refractivity contribution is 0.102. The van der Waals surface area contributed by atoms with Gasteiger partial charge in [-0.05, 0) is 60.0 Å². The highest BCUT2D eigenvalue weighted by molar-refractivity contribution is 7.22. The number of benzene rings is 2. The Morgan fingerprint density at radius 3 is 2.78 bits per heavy atom. The highest BCUT2D eigenvalue weighted by Gasteiger charge is 2.12. The summed E-state index contributed by atoms with van der Waals surface area (Å²) in [6.07, 6.45) is 1.65. The van der Waals surface area contributed by atoms with Crippen LogP contribution in [0.2, 0.25) is 5.02 Å². The summed E-state index contributed by atoms with van der Waals surface area (Å²) in [5.41, 5.74) is 7.74. The fourth-order valence-electron chi connectivity index (χ4n) is 2.72. The van der Waals surface area contributed by atoms with E-state index in [2.05, 4.69) is 10.3 Å². The zero-order chi connectivity index (χ0) is 19.0. The molecule has 0 saturated carbocycles. The van der Waals surface area contributed by atoms with E-state index in [0.29, 0.717) is 17.1 Å². The Morgan fingerprint density at radius 1 is 1.15 bits per heavy atom. The van der Waals surface area contributed by atoms with Crippen LogP contribution in [0, 0.1) is 5.82 Å². The number of anilines is 2. The van der Waals surface area contributed by atoms with Crippen LogP contribution in [-0.2, 0) is 0 Å². The number of thiophene rings is 1. The lowest BCUT2D eigenvalue weighted by atomic mass is 10.1. The van der Waals surface area contributed by atoms with Gasteiger partial charge in [-0.15, -0.1) is 11.3 Å². The van der Waals surface area contributed by atoms with Crippen LogP contribution in [0.15, 0.2) is 60.8 Å². The number of nitrogens with zero attached hydrogens (tertiary/aromatic N) is 1. The van der Waals surface area contributed by atoms with Gasteiger partial charge in [0.05, 0.1) is 5.02 Å². The van der Waals surface area contributed by atoms with E-state index in [9.17, 15) is 9.18 Å². The second kappa shape index (κ2) is 6.98. The number of pyridine rings is 1. The van der Waals surface area contributed by atoms with Crippen molar-refractivity contribution in [2.24, 2.45) is 0 Å². The average molecular weight is 398 g/mol. The molecule has 0 unspecified atom stereocenters. The zero-order valence-corrected chi connectivity index (χ0v) is 15.4. The molecule has 7 heteroatoms. The summed E-state index contributed by atoms with van der Waals surface area (Å²) in [4.78, 5) is 17.6. The van der Waals surface area contributed by atoms with Crippen LogP contribution in [0.5, 0.6) is 0 Å². The quantitative estimate of drug-likeness (QED) is 0.473. The predicted molar refractivity (Wildman–Crippen MR) is 109 cm³/mol. The van der Waals surface area contributed by atoms with Crippen molar-refractivity contribution in [2.45, 2.75) is 0 Å². The summed E-state index contributed by atoms with van der Waals surface area (Å²) < 4.78 is 14.3. The third kappa shape index (κ3) is 3.49. The molecule has 0 fully saturated rings. The number of carbonyl (C=O) groups is 1. The molecule has 2 aromatic heterocycles. The first-order valence-electron chi connectivity index (χ1n) is 8.02. The number of nitrogens with one attached hydrogen (secondary N) is 1. The Bertz CT molecular complexity index is 1180. The number of rotatable bonds is 3. The third-order valence-electron chi connectivity index (χ3n) is 4.06. The van der Waals surface area contributed by atoms with E-state index in [1.807, 2.05) is 30.3 Å². The van der Waals surface area contributed by atoms with E-state index in [0.717, 1.165) is 20.5 Å². The summed E-state index contributed by atoms with van der Waals surface area (Å²) in [5.74, 6) is -0.361. The number of nitrogens with two attached hydrogens (primary N) is 1. The lowest BCUT2D eigenvalue weighted by Crippen LogP contribution is -2.11. The van der Waals surface area contributed by atoms with Gasteiger partial charge in [-0.3, -0.25) is 4.79 Å². The Kier molecular flexibility index (Phi) is 4.51. The van der Waals surface area contributed by atoms with Crippen molar-refractivity contribution in [3.8, 4) is 10.4 Å². The monoisotopic (exact) mass is 397 g/mol. The molecule has 4 rings (SSSR count). The molecule has 27 heavy (non-hydrogen) atoms. The number of halogens is 2. The first-order valence-corrected chi connectivity index (χ1v) is 9.21. The molecule has 0 bridgehead atoms. The molecule has 0 aliphatic heterocycles. The minimum atomic E-state index is -0.531. The smallest absolute Gasteiger partial charge is 0.255 e. The molecule has 0 radical (unpaired) electrons. The number of aromatic nitrogens is 1. The standard InChI is InChI=1S/C20H13ClFN3OS/c21-15-10-13(4-5-16(15)22)25-20(26)11-3-6-17-12(8-11)9-18(27-17)14-2-1-7-24-19(14)23/h1-10H,(H2,23,24)(H,25,26). The van der Waals surface area contributed by atoms with Gasteiger partial charge in [-0.25, -0.2) is 9.37 Å². The van der Waals surface area contributed by atoms with Crippen molar-refractivity contribution in [2.75, 3.05) is 11.1 Å². The minimum Gasteiger partial charge on any atom is -0.383 e. The van der Waals surface area contributed by atoms with Gasteiger partial charge < -0.3 is 11.1 Å². The van der Waals surface area contributed by atoms with Crippen LogP contribution in [-0.4, -0.2) is 10.9 Å². The number of fused-ring (bicyclic) bond motifs is 1. The first kappa shape index (κ1) is 17.5. The Hall–Kier alpha value is -2.96. The van der Waals surface area contributed by atoms with E-state index in [1.54, 1.807) is 23.6 Å². The molecule has 3 N–H and O–H groups in total. The van der Waals surface area contributed by atoms with E-state index in [-0.39, 0.29) is 10.9 Å². The van der Waals surface area contributed by atoms with Crippen LogP contribution in [0.4, 0.5) is 15.9 Å². The molecule has 0 saturated heterocycles. The summed E-state index contributed by atoms with van der Waals surface area (Å²) in [5, 5.41) is 3.61. The molecular weight excluding hydrogens is 385 g/mol. The van der Waals surface area contributed by atoms with E-state index in [1.165, 1.54) is 18.2 Å². The zero-order valence-electron chi connectivity index (χ0n) is 13.9. The molecule has 0 aliphatic rings. The molecule has 0 aliphatic carbocycles. The fourth-order valence-corrected chi connectivity index (χ4v) is 3.98. The number of hydrogen-bond donors (Lipinski definition) is 2. The Balaban J connectivity index is 1.64. The molecule has 1 amide bonds. The second-order valence-electron chi connectivity index (χ2n) is 5.88. The summed E-state index contributed by atoms with van der Waals surface area (Å²) in [7, 11) is 0. The van der Waals surface area contributed by atoms with Gasteiger partial charge in [0.25, 0.3) is 5.91 Å². The largest absolute Gasteiger partial charge is 0.383 e. The van der Waals surface area contributed by atoms with Crippen molar-refractivity contribution in [3.63, 3.8) is 0 Å². The van der Waals surface area contributed by atoms with Crippen molar-refractivity contribution >= 4 is 50.4 Å². The minimum absolute atomic E-state index is 0.0419. The SMILES string of the molecule is Nc1ncccc1-c1cc2cc(C(=O)Nc3ccc(F)c(Cl)c3)ccc2s1. The van der Waals surface area contributed by atoms with Gasteiger partial charge in [0.1, 0.15) is 11.6 Å².